The number of thioether (sulfide) groups is 1. The van der Waals surface area contributed by atoms with Crippen LogP contribution in [0.1, 0.15) is 28.4 Å². The first-order valence-corrected chi connectivity index (χ1v) is 15.9. The fourth-order valence-electron chi connectivity index (χ4n) is 4.08. The second-order valence-corrected chi connectivity index (χ2v) is 13.1. The summed E-state index contributed by atoms with van der Waals surface area (Å²) < 4.78 is 1.02. The van der Waals surface area contributed by atoms with Gasteiger partial charge in [0.15, 0.2) is 5.13 Å². The molecule has 1 unspecified atom stereocenters. The molecule has 3 N–H and O–H groups in total. The first kappa shape index (κ1) is 31.3. The van der Waals surface area contributed by atoms with Crippen LogP contribution in [0.5, 0.6) is 0 Å². The Morgan fingerprint density at radius 1 is 0.909 bits per heavy atom. The van der Waals surface area contributed by atoms with Crippen molar-refractivity contribution in [2.45, 2.75) is 24.0 Å². The van der Waals surface area contributed by atoms with Crippen LogP contribution in [-0.2, 0) is 9.59 Å². The highest BCUT2D eigenvalue weighted by molar-refractivity contribution is 8.00. The van der Waals surface area contributed by atoms with Gasteiger partial charge >= 0.3 is 0 Å². The predicted molar refractivity (Wildman–Crippen MR) is 182 cm³/mol. The van der Waals surface area contributed by atoms with Crippen LogP contribution < -0.4 is 16.0 Å². The summed E-state index contributed by atoms with van der Waals surface area (Å²) in [6, 6.07) is 26.5. The molecule has 0 aliphatic rings. The Hall–Kier alpha value is -4.15. The van der Waals surface area contributed by atoms with Crippen LogP contribution in [-0.4, -0.2) is 28.0 Å². The van der Waals surface area contributed by atoms with Gasteiger partial charge in [-0.25, -0.2) is 4.98 Å². The molecule has 0 spiro atoms. The van der Waals surface area contributed by atoms with Crippen molar-refractivity contribution in [2.24, 2.45) is 0 Å². The van der Waals surface area contributed by atoms with Crippen LogP contribution in [0.2, 0.25) is 10.0 Å². The number of nitrogens with zero attached hydrogens (tertiary/aromatic N) is 1. The summed E-state index contributed by atoms with van der Waals surface area (Å²) in [5.74, 6) is -1.15. The number of benzene rings is 4. The van der Waals surface area contributed by atoms with E-state index in [1.54, 1.807) is 60.7 Å². The number of carbonyl (C=O) groups excluding carboxylic acids is 3. The van der Waals surface area contributed by atoms with Crippen molar-refractivity contribution in [3.8, 4) is 0 Å². The number of hydrogen-bond donors (Lipinski definition) is 3. The molecule has 5 aromatic rings. The quantitative estimate of drug-likeness (QED) is 0.109. The van der Waals surface area contributed by atoms with Gasteiger partial charge in [-0.05, 0) is 91.7 Å². The molecule has 3 amide bonds. The first-order valence-electron chi connectivity index (χ1n) is 13.4. The minimum Gasteiger partial charge on any atom is -0.321 e. The van der Waals surface area contributed by atoms with E-state index in [-0.39, 0.29) is 11.6 Å². The zero-order valence-corrected chi connectivity index (χ0v) is 26.7. The molecule has 0 radical (unpaired) electrons. The molecule has 11 heteroatoms. The van der Waals surface area contributed by atoms with E-state index in [0.29, 0.717) is 32.0 Å². The van der Waals surface area contributed by atoms with Crippen LogP contribution in [0.4, 0.5) is 10.8 Å². The highest BCUT2D eigenvalue weighted by Crippen LogP contribution is 2.29. The maximum Gasteiger partial charge on any atom is 0.272 e. The highest BCUT2D eigenvalue weighted by atomic mass is 35.5. The molecule has 5 rings (SSSR count). The van der Waals surface area contributed by atoms with Gasteiger partial charge in [-0.2, -0.15) is 0 Å². The first-order chi connectivity index (χ1) is 21.1. The lowest BCUT2D eigenvalue weighted by molar-refractivity contribution is -0.115. The van der Waals surface area contributed by atoms with E-state index in [0.717, 1.165) is 20.7 Å². The van der Waals surface area contributed by atoms with E-state index in [9.17, 15) is 14.4 Å². The molecule has 1 aromatic heterocycles. The summed E-state index contributed by atoms with van der Waals surface area (Å²) in [6.45, 7) is 3.84. The molecule has 7 nitrogen and oxygen atoms in total. The largest absolute Gasteiger partial charge is 0.321 e. The van der Waals surface area contributed by atoms with E-state index in [1.807, 2.05) is 44.2 Å². The van der Waals surface area contributed by atoms with Crippen LogP contribution in [0, 0.1) is 6.92 Å². The van der Waals surface area contributed by atoms with Crippen LogP contribution in [0.3, 0.4) is 0 Å². The Labute approximate surface area is 272 Å². The number of fused-ring (bicyclic) bond motifs is 1. The summed E-state index contributed by atoms with van der Waals surface area (Å²) >= 11 is 15.2. The normalized spacial score (nSPS) is 12.0. The Bertz CT molecular complexity index is 1880. The van der Waals surface area contributed by atoms with Crippen molar-refractivity contribution in [1.29, 1.82) is 0 Å². The van der Waals surface area contributed by atoms with Crippen LogP contribution >= 0.6 is 46.3 Å². The van der Waals surface area contributed by atoms with Gasteiger partial charge < -0.3 is 16.0 Å². The minimum absolute atomic E-state index is 0.00294. The lowest BCUT2D eigenvalue weighted by Gasteiger charge is -2.13. The second-order valence-electron chi connectivity index (χ2n) is 9.76. The van der Waals surface area contributed by atoms with Gasteiger partial charge in [-0.15, -0.1) is 11.8 Å². The van der Waals surface area contributed by atoms with Crippen molar-refractivity contribution < 1.29 is 14.4 Å². The molecular weight excluding hydrogens is 635 g/mol. The van der Waals surface area contributed by atoms with E-state index in [4.69, 9.17) is 23.2 Å². The van der Waals surface area contributed by atoms with Crippen molar-refractivity contribution in [3.63, 3.8) is 0 Å². The number of carbonyl (C=O) groups is 3. The molecule has 0 aliphatic carbocycles. The zero-order valence-electron chi connectivity index (χ0n) is 23.6. The summed E-state index contributed by atoms with van der Waals surface area (Å²) in [5, 5.41) is 9.36. The molecule has 0 aliphatic heterocycles. The number of halogens is 2. The molecule has 0 saturated carbocycles. The molecule has 1 heterocycles. The summed E-state index contributed by atoms with van der Waals surface area (Å²) in [4.78, 5) is 44.4. The van der Waals surface area contributed by atoms with Crippen LogP contribution in [0.15, 0.2) is 102 Å². The number of aryl methyl sites for hydroxylation is 1. The summed E-state index contributed by atoms with van der Waals surface area (Å²) in [5.41, 5.74) is 3.39. The van der Waals surface area contributed by atoms with Gasteiger partial charge in [0, 0.05) is 26.2 Å². The van der Waals surface area contributed by atoms with Gasteiger partial charge in [0.05, 0.1) is 15.5 Å². The number of thiazole rings is 1. The SMILES string of the molecule is Cc1ccc2nc(NC(=O)C(C)Sc3ccc(NC(=O)/C(=C/c4ccc(Cl)cc4Cl)NC(=O)c4ccccc4)cc3)sc2c1. The van der Waals surface area contributed by atoms with Gasteiger partial charge in [-0.1, -0.05) is 64.9 Å². The van der Waals surface area contributed by atoms with Gasteiger partial charge in [0.2, 0.25) is 5.91 Å². The van der Waals surface area contributed by atoms with Crippen molar-refractivity contribution in [1.82, 2.24) is 10.3 Å². The zero-order chi connectivity index (χ0) is 31.2. The van der Waals surface area contributed by atoms with E-state index < -0.39 is 17.1 Å². The third-order valence-electron chi connectivity index (χ3n) is 6.36. The topological polar surface area (TPSA) is 100 Å². The molecule has 0 fully saturated rings. The minimum atomic E-state index is -0.542. The standard InChI is InChI=1S/C33H26Cl2N4O3S2/c1-19-8-15-27-29(16-19)44-33(38-27)39-30(40)20(2)43-25-13-11-24(12-14-25)36-32(42)28(17-22-9-10-23(34)18-26(22)35)37-31(41)21-6-4-3-5-7-21/h3-18,20H,1-2H3,(H,36,42)(H,37,41)(H,38,39,40)/b28-17-. The third-order valence-corrected chi connectivity index (χ3v) is 8.97. The molecule has 4 aromatic carbocycles. The maximum atomic E-state index is 13.3. The predicted octanol–water partition coefficient (Wildman–Crippen LogP) is 8.44. The lowest BCUT2D eigenvalue weighted by atomic mass is 10.1. The Balaban J connectivity index is 1.25. The highest BCUT2D eigenvalue weighted by Gasteiger charge is 2.18. The van der Waals surface area contributed by atoms with E-state index in [2.05, 4.69) is 20.9 Å². The molecule has 0 saturated heterocycles. The molecule has 222 valence electrons. The third kappa shape index (κ3) is 8.06. The Morgan fingerprint density at radius 3 is 2.39 bits per heavy atom. The van der Waals surface area contributed by atoms with Crippen LogP contribution in [0.25, 0.3) is 16.3 Å². The van der Waals surface area contributed by atoms with Gasteiger partial charge in [0.25, 0.3) is 11.8 Å². The molecular formula is C33H26Cl2N4O3S2. The van der Waals surface area contributed by atoms with Crippen molar-refractivity contribution >= 4 is 91.1 Å². The average Bonchev–Trinajstić information content (AvgIpc) is 3.40. The Kier molecular flexibility index (Phi) is 10.0. The summed E-state index contributed by atoms with van der Waals surface area (Å²) in [6.07, 6.45) is 1.49. The number of aromatic nitrogens is 1. The number of amides is 3. The van der Waals surface area contributed by atoms with E-state index in [1.165, 1.54) is 29.2 Å². The summed E-state index contributed by atoms with van der Waals surface area (Å²) in [7, 11) is 0. The molecule has 0 bridgehead atoms. The number of anilines is 2. The smallest absolute Gasteiger partial charge is 0.272 e. The van der Waals surface area contributed by atoms with E-state index >= 15 is 0 Å². The lowest BCUT2D eigenvalue weighted by Crippen LogP contribution is -2.30. The van der Waals surface area contributed by atoms with Gasteiger partial charge in [0.1, 0.15) is 5.70 Å². The fourth-order valence-corrected chi connectivity index (χ4v) is 6.38. The number of rotatable bonds is 9. The Morgan fingerprint density at radius 2 is 1.66 bits per heavy atom. The number of hydrogen-bond acceptors (Lipinski definition) is 6. The number of nitrogens with one attached hydrogen (secondary N) is 3. The van der Waals surface area contributed by atoms with Crippen molar-refractivity contribution in [3.05, 3.63) is 123 Å². The fraction of sp³-hybridized carbons (Fsp3) is 0.0909. The maximum absolute atomic E-state index is 13.3. The second kappa shape index (κ2) is 14.1. The van der Waals surface area contributed by atoms with Crippen molar-refractivity contribution in [2.75, 3.05) is 10.6 Å². The molecule has 1 atom stereocenters. The van der Waals surface area contributed by atoms with Gasteiger partial charge in [-0.3, -0.25) is 14.4 Å². The molecule has 44 heavy (non-hydrogen) atoms. The monoisotopic (exact) mass is 660 g/mol. The average molecular weight is 662 g/mol.